The minimum atomic E-state index is -0.653. The van der Waals surface area contributed by atoms with Crippen molar-refractivity contribution in [2.75, 3.05) is 10.6 Å². The summed E-state index contributed by atoms with van der Waals surface area (Å²) in [6, 6.07) is 20.5. The number of hydrogen-bond acceptors (Lipinski definition) is 3. The number of rotatable bonds is 2. The fourth-order valence-electron chi connectivity index (χ4n) is 3.65. The number of nitrogens with one attached hydrogen (secondary N) is 2. The molecule has 2 amide bonds. The zero-order valence-corrected chi connectivity index (χ0v) is 14.3. The van der Waals surface area contributed by atoms with Crippen LogP contribution in [0, 0.1) is 0 Å². The van der Waals surface area contributed by atoms with E-state index >= 15 is 0 Å². The van der Waals surface area contributed by atoms with Crippen molar-refractivity contribution < 1.29 is 9.59 Å². The van der Waals surface area contributed by atoms with Gasteiger partial charge in [-0.15, -0.1) is 0 Å². The zero-order valence-electron chi connectivity index (χ0n) is 14.3. The molecule has 2 heterocycles. The van der Waals surface area contributed by atoms with Crippen LogP contribution in [0.25, 0.3) is 21.8 Å². The average Bonchev–Trinajstić information content (AvgIpc) is 3.05. The van der Waals surface area contributed by atoms with Crippen LogP contribution in [0.3, 0.4) is 0 Å². The fraction of sp³-hybridized carbons (Fsp3) is 0.0952. The highest BCUT2D eigenvalue weighted by Gasteiger charge is 2.33. The number of nitrogens with zero attached hydrogens (tertiary/aromatic N) is 2. The predicted octanol–water partition coefficient (Wildman–Crippen LogP) is 3.71. The lowest BCUT2D eigenvalue weighted by Gasteiger charge is -2.25. The van der Waals surface area contributed by atoms with Crippen molar-refractivity contribution in [1.82, 2.24) is 9.55 Å². The number of hydrogen-bond donors (Lipinski definition) is 2. The van der Waals surface area contributed by atoms with Crippen LogP contribution in [0.4, 0.5) is 11.6 Å². The van der Waals surface area contributed by atoms with Crippen LogP contribution in [-0.2, 0) is 9.59 Å². The van der Waals surface area contributed by atoms with Gasteiger partial charge in [0.25, 0.3) is 0 Å². The smallest absolute Gasteiger partial charge is 0.248 e. The first kappa shape index (κ1) is 15.6. The summed E-state index contributed by atoms with van der Waals surface area (Å²) in [5.41, 5.74) is 2.30. The van der Waals surface area contributed by atoms with Gasteiger partial charge < -0.3 is 5.32 Å². The van der Waals surface area contributed by atoms with Gasteiger partial charge in [-0.3, -0.25) is 19.5 Å². The minimum absolute atomic E-state index is 0.0734. The quantitative estimate of drug-likeness (QED) is 0.575. The molecule has 0 saturated heterocycles. The minimum Gasteiger partial charge on any atom is -0.324 e. The lowest BCUT2D eigenvalue weighted by Crippen LogP contribution is -2.35. The number of amides is 2. The summed E-state index contributed by atoms with van der Waals surface area (Å²) in [6.07, 6.45) is 0.0734. The summed E-state index contributed by atoms with van der Waals surface area (Å²) in [6.45, 7) is 0. The van der Waals surface area contributed by atoms with Crippen LogP contribution in [0.2, 0.25) is 0 Å². The molecule has 0 spiro atoms. The molecule has 1 aliphatic heterocycles. The number of aromatic nitrogens is 2. The number of benzene rings is 3. The average molecular weight is 356 g/mol. The van der Waals surface area contributed by atoms with E-state index in [9.17, 15) is 9.59 Å². The molecule has 6 nitrogen and oxygen atoms in total. The van der Waals surface area contributed by atoms with Crippen LogP contribution < -0.4 is 10.6 Å². The molecule has 0 fully saturated rings. The molecule has 2 N–H and O–H groups in total. The number of imidazole rings is 1. The van der Waals surface area contributed by atoms with Gasteiger partial charge in [-0.25, -0.2) is 4.98 Å². The van der Waals surface area contributed by atoms with E-state index in [4.69, 9.17) is 0 Å². The van der Waals surface area contributed by atoms with E-state index in [1.807, 2.05) is 66.7 Å². The molecule has 4 aromatic rings. The Morgan fingerprint density at radius 2 is 1.81 bits per heavy atom. The molecule has 5 rings (SSSR count). The van der Waals surface area contributed by atoms with Gasteiger partial charge in [0.2, 0.25) is 17.8 Å². The van der Waals surface area contributed by atoms with Crippen LogP contribution in [0.15, 0.2) is 66.7 Å². The Morgan fingerprint density at radius 3 is 2.74 bits per heavy atom. The maximum atomic E-state index is 13.1. The van der Waals surface area contributed by atoms with Crippen LogP contribution in [-0.4, -0.2) is 21.4 Å². The monoisotopic (exact) mass is 356 g/mol. The van der Waals surface area contributed by atoms with Gasteiger partial charge in [-0.1, -0.05) is 48.5 Å². The van der Waals surface area contributed by atoms with E-state index < -0.39 is 6.04 Å². The highest BCUT2D eigenvalue weighted by atomic mass is 16.2. The van der Waals surface area contributed by atoms with Crippen LogP contribution in [0.1, 0.15) is 12.5 Å². The Hall–Kier alpha value is -3.67. The standard InChI is InChI=1S/C21H16N4O2/c26-19-12-18(25-17-11-4-3-9-16(17)23-21(25)24-19)20(27)22-15-10-5-7-13-6-1-2-8-14(13)15/h1-11,18H,12H2,(H,22,27)(H,23,24,26)/t18-/m1/s1. The molecule has 0 saturated carbocycles. The molecule has 6 heteroatoms. The molecule has 1 aromatic heterocycles. The normalized spacial score (nSPS) is 16.1. The van der Waals surface area contributed by atoms with E-state index in [1.165, 1.54) is 0 Å². The van der Waals surface area contributed by atoms with Gasteiger partial charge in [-0.05, 0) is 23.6 Å². The number of carbonyl (C=O) groups excluding carboxylic acids is 2. The Balaban J connectivity index is 1.57. The van der Waals surface area contributed by atoms with Crippen molar-refractivity contribution in [2.24, 2.45) is 0 Å². The first-order valence-electron chi connectivity index (χ1n) is 8.76. The molecule has 0 radical (unpaired) electrons. The van der Waals surface area contributed by atoms with Crippen molar-refractivity contribution in [3.8, 4) is 0 Å². The van der Waals surface area contributed by atoms with Crippen molar-refractivity contribution in [2.45, 2.75) is 12.5 Å². The first-order valence-corrected chi connectivity index (χ1v) is 8.76. The third-order valence-electron chi connectivity index (χ3n) is 4.89. The molecular weight excluding hydrogens is 340 g/mol. The molecule has 27 heavy (non-hydrogen) atoms. The van der Waals surface area contributed by atoms with Crippen LogP contribution in [0.5, 0.6) is 0 Å². The summed E-state index contributed by atoms with van der Waals surface area (Å²) in [4.78, 5) is 29.7. The number of carbonyl (C=O) groups is 2. The van der Waals surface area contributed by atoms with Crippen LogP contribution >= 0.6 is 0 Å². The van der Waals surface area contributed by atoms with Gasteiger partial charge in [0.1, 0.15) is 6.04 Å². The number of para-hydroxylation sites is 2. The third kappa shape index (κ3) is 2.54. The van der Waals surface area contributed by atoms with E-state index in [0.29, 0.717) is 5.95 Å². The van der Waals surface area contributed by atoms with Gasteiger partial charge in [0.05, 0.1) is 17.5 Å². The molecule has 132 valence electrons. The summed E-state index contributed by atoms with van der Waals surface area (Å²) < 4.78 is 1.80. The molecule has 1 atom stereocenters. The Labute approximate surface area is 154 Å². The summed E-state index contributed by atoms with van der Waals surface area (Å²) in [5.74, 6) is -0.0352. The third-order valence-corrected chi connectivity index (χ3v) is 4.89. The van der Waals surface area contributed by atoms with Gasteiger partial charge in [0.15, 0.2) is 0 Å². The molecular formula is C21H16N4O2. The largest absolute Gasteiger partial charge is 0.324 e. The second-order valence-corrected chi connectivity index (χ2v) is 6.58. The summed E-state index contributed by atoms with van der Waals surface area (Å²) in [7, 11) is 0. The predicted molar refractivity (Wildman–Crippen MR) is 105 cm³/mol. The zero-order chi connectivity index (χ0) is 18.4. The first-order chi connectivity index (χ1) is 13.2. The molecule has 3 aromatic carbocycles. The number of anilines is 2. The second kappa shape index (κ2) is 5.95. The number of fused-ring (bicyclic) bond motifs is 4. The fourth-order valence-corrected chi connectivity index (χ4v) is 3.65. The van der Waals surface area contributed by atoms with E-state index in [2.05, 4.69) is 15.6 Å². The Bertz CT molecular complexity index is 1210. The van der Waals surface area contributed by atoms with E-state index in [1.54, 1.807) is 4.57 Å². The summed E-state index contributed by atoms with van der Waals surface area (Å²) in [5, 5.41) is 7.77. The lowest BCUT2D eigenvalue weighted by atomic mass is 10.1. The van der Waals surface area contributed by atoms with E-state index in [-0.39, 0.29) is 18.2 Å². The highest BCUT2D eigenvalue weighted by molar-refractivity contribution is 6.06. The maximum absolute atomic E-state index is 13.1. The van der Waals surface area contributed by atoms with Crippen molar-refractivity contribution in [3.05, 3.63) is 66.7 Å². The second-order valence-electron chi connectivity index (χ2n) is 6.58. The molecule has 0 aliphatic carbocycles. The maximum Gasteiger partial charge on any atom is 0.248 e. The molecule has 1 aliphatic rings. The highest BCUT2D eigenvalue weighted by Crippen LogP contribution is 2.32. The van der Waals surface area contributed by atoms with Crippen molar-refractivity contribution in [3.63, 3.8) is 0 Å². The van der Waals surface area contributed by atoms with Crippen molar-refractivity contribution in [1.29, 1.82) is 0 Å². The van der Waals surface area contributed by atoms with E-state index in [0.717, 1.165) is 27.5 Å². The molecule has 0 bridgehead atoms. The SMILES string of the molecule is O=C1C[C@H](C(=O)Nc2cccc3ccccc23)n2c(nc3ccccc32)N1. The van der Waals surface area contributed by atoms with Gasteiger partial charge in [-0.2, -0.15) is 0 Å². The summed E-state index contributed by atoms with van der Waals surface area (Å²) >= 11 is 0. The Kier molecular flexibility index (Phi) is 3.43. The molecule has 0 unspecified atom stereocenters. The Morgan fingerprint density at radius 1 is 1.04 bits per heavy atom. The lowest BCUT2D eigenvalue weighted by molar-refractivity contribution is -0.124. The van der Waals surface area contributed by atoms with Gasteiger partial charge >= 0.3 is 0 Å². The topological polar surface area (TPSA) is 76.0 Å². The van der Waals surface area contributed by atoms with Gasteiger partial charge in [0, 0.05) is 11.1 Å². The van der Waals surface area contributed by atoms with Crippen molar-refractivity contribution >= 4 is 45.3 Å².